The van der Waals surface area contributed by atoms with E-state index in [0.717, 1.165) is 29.9 Å². The van der Waals surface area contributed by atoms with Crippen LogP contribution < -0.4 is 15.4 Å². The molecule has 1 aliphatic rings. The molecule has 1 aliphatic heterocycles. The van der Waals surface area contributed by atoms with Crippen LogP contribution in [0.2, 0.25) is 0 Å². The largest absolute Gasteiger partial charge is 0.475 e. The molecule has 0 radical (unpaired) electrons. The SMILES string of the molecule is CNc1nc2ccccc2nc1OCCCC1CCCNC1.Cl. The lowest BCUT2D eigenvalue weighted by Gasteiger charge is -2.22. The number of anilines is 1. The first-order valence-electron chi connectivity index (χ1n) is 8.15. The van der Waals surface area contributed by atoms with Gasteiger partial charge in [0, 0.05) is 7.05 Å². The molecule has 5 nitrogen and oxygen atoms in total. The fraction of sp³-hybridized carbons (Fsp3) is 0.529. The molecular weight excluding hydrogens is 312 g/mol. The maximum atomic E-state index is 5.87. The highest BCUT2D eigenvalue weighted by molar-refractivity contribution is 5.85. The Bertz CT molecular complexity index is 617. The quantitative estimate of drug-likeness (QED) is 0.793. The molecule has 1 saturated heterocycles. The molecule has 2 heterocycles. The summed E-state index contributed by atoms with van der Waals surface area (Å²) < 4.78 is 5.87. The molecule has 0 spiro atoms. The van der Waals surface area contributed by atoms with Gasteiger partial charge in [-0.2, -0.15) is 0 Å². The van der Waals surface area contributed by atoms with Crippen molar-refractivity contribution in [2.24, 2.45) is 5.92 Å². The molecule has 0 aliphatic carbocycles. The van der Waals surface area contributed by atoms with Crippen LogP contribution in [0, 0.1) is 5.92 Å². The zero-order valence-corrected chi connectivity index (χ0v) is 14.4. The first-order valence-corrected chi connectivity index (χ1v) is 8.15. The molecule has 0 bridgehead atoms. The summed E-state index contributed by atoms with van der Waals surface area (Å²) in [6, 6.07) is 7.86. The minimum atomic E-state index is 0. The van der Waals surface area contributed by atoms with E-state index in [0.29, 0.717) is 18.3 Å². The average Bonchev–Trinajstić information content (AvgIpc) is 2.59. The summed E-state index contributed by atoms with van der Waals surface area (Å²) in [5.41, 5.74) is 1.75. The number of piperidine rings is 1. The van der Waals surface area contributed by atoms with Gasteiger partial charge >= 0.3 is 0 Å². The van der Waals surface area contributed by atoms with Gasteiger partial charge in [-0.1, -0.05) is 12.1 Å². The molecule has 126 valence electrons. The summed E-state index contributed by atoms with van der Waals surface area (Å²) in [6.45, 7) is 3.01. The number of ether oxygens (including phenoxy) is 1. The van der Waals surface area contributed by atoms with Crippen molar-refractivity contribution in [2.75, 3.05) is 32.1 Å². The van der Waals surface area contributed by atoms with E-state index in [1.807, 2.05) is 31.3 Å². The Labute approximate surface area is 143 Å². The molecule has 0 saturated carbocycles. The fourth-order valence-corrected chi connectivity index (χ4v) is 2.96. The Kier molecular flexibility index (Phi) is 6.86. The van der Waals surface area contributed by atoms with Gasteiger partial charge in [0.25, 0.3) is 5.88 Å². The molecule has 1 unspecified atom stereocenters. The lowest BCUT2D eigenvalue weighted by molar-refractivity contribution is 0.269. The fourth-order valence-electron chi connectivity index (χ4n) is 2.96. The molecule has 1 fully saturated rings. The third-order valence-electron chi connectivity index (χ3n) is 4.17. The number of hydrogen-bond acceptors (Lipinski definition) is 5. The van der Waals surface area contributed by atoms with Crippen molar-refractivity contribution in [3.8, 4) is 5.88 Å². The number of para-hydroxylation sites is 2. The predicted octanol–water partition coefficient (Wildman–Crippen LogP) is 3.25. The van der Waals surface area contributed by atoms with E-state index in [1.54, 1.807) is 0 Å². The van der Waals surface area contributed by atoms with Crippen molar-refractivity contribution >= 4 is 29.3 Å². The van der Waals surface area contributed by atoms with E-state index < -0.39 is 0 Å². The molecule has 3 rings (SSSR count). The van der Waals surface area contributed by atoms with Crippen LogP contribution in [0.25, 0.3) is 11.0 Å². The summed E-state index contributed by atoms with van der Waals surface area (Å²) in [5, 5.41) is 6.53. The molecule has 2 aromatic rings. The Balaban J connectivity index is 0.00000192. The Morgan fingerprint density at radius 2 is 2.04 bits per heavy atom. The van der Waals surface area contributed by atoms with Crippen LogP contribution in [0.15, 0.2) is 24.3 Å². The average molecular weight is 337 g/mol. The summed E-state index contributed by atoms with van der Waals surface area (Å²) in [6.07, 6.45) is 4.91. The molecule has 1 aromatic heterocycles. The normalized spacial score (nSPS) is 17.5. The molecule has 1 atom stereocenters. The van der Waals surface area contributed by atoms with Crippen molar-refractivity contribution < 1.29 is 4.74 Å². The van der Waals surface area contributed by atoms with E-state index in [1.165, 1.54) is 25.8 Å². The summed E-state index contributed by atoms with van der Waals surface area (Å²) in [5.74, 6) is 2.10. The number of aromatic nitrogens is 2. The smallest absolute Gasteiger partial charge is 0.258 e. The first-order chi connectivity index (χ1) is 10.9. The highest BCUT2D eigenvalue weighted by Crippen LogP contribution is 2.23. The molecule has 23 heavy (non-hydrogen) atoms. The van der Waals surface area contributed by atoms with Gasteiger partial charge < -0.3 is 15.4 Å². The van der Waals surface area contributed by atoms with Crippen molar-refractivity contribution in [3.63, 3.8) is 0 Å². The first kappa shape index (κ1) is 17.8. The maximum absolute atomic E-state index is 5.87. The van der Waals surface area contributed by atoms with E-state index in [2.05, 4.69) is 20.6 Å². The maximum Gasteiger partial charge on any atom is 0.258 e. The summed E-state index contributed by atoms with van der Waals surface area (Å²) >= 11 is 0. The molecule has 0 amide bonds. The zero-order chi connectivity index (χ0) is 15.2. The van der Waals surface area contributed by atoms with E-state index >= 15 is 0 Å². The second kappa shape index (κ2) is 8.89. The summed E-state index contributed by atoms with van der Waals surface area (Å²) in [7, 11) is 1.85. The Hall–Kier alpha value is -1.59. The zero-order valence-electron chi connectivity index (χ0n) is 13.5. The van der Waals surface area contributed by atoms with Crippen molar-refractivity contribution in [1.29, 1.82) is 0 Å². The van der Waals surface area contributed by atoms with Gasteiger partial charge in [0.1, 0.15) is 0 Å². The van der Waals surface area contributed by atoms with Crippen LogP contribution in [0.5, 0.6) is 5.88 Å². The van der Waals surface area contributed by atoms with E-state index in [4.69, 9.17) is 4.74 Å². The second-order valence-corrected chi connectivity index (χ2v) is 5.82. The van der Waals surface area contributed by atoms with Gasteiger partial charge in [0.2, 0.25) is 0 Å². The third kappa shape index (κ3) is 4.69. The van der Waals surface area contributed by atoms with Crippen LogP contribution in [-0.2, 0) is 0 Å². The number of nitrogens with one attached hydrogen (secondary N) is 2. The third-order valence-corrected chi connectivity index (χ3v) is 4.17. The van der Waals surface area contributed by atoms with Gasteiger partial charge in [-0.15, -0.1) is 12.4 Å². The second-order valence-electron chi connectivity index (χ2n) is 5.82. The van der Waals surface area contributed by atoms with Gasteiger partial charge in [-0.05, 0) is 56.8 Å². The van der Waals surface area contributed by atoms with Crippen molar-refractivity contribution in [1.82, 2.24) is 15.3 Å². The molecule has 1 aromatic carbocycles. The molecular formula is C17H25ClN4O. The predicted molar refractivity (Wildman–Crippen MR) is 96.7 cm³/mol. The standard InChI is InChI=1S/C17H24N4O.ClH/c1-18-16-17(21-15-9-3-2-8-14(15)20-16)22-11-5-7-13-6-4-10-19-12-13;/h2-3,8-9,13,19H,4-7,10-12H2,1H3,(H,18,20);1H. The number of fused-ring (bicyclic) bond motifs is 1. The number of halogens is 1. The topological polar surface area (TPSA) is 59.1 Å². The molecule has 2 N–H and O–H groups in total. The van der Waals surface area contributed by atoms with Gasteiger partial charge in [-0.3, -0.25) is 0 Å². The van der Waals surface area contributed by atoms with Gasteiger partial charge in [0.15, 0.2) is 5.82 Å². The number of hydrogen-bond donors (Lipinski definition) is 2. The number of nitrogens with zero attached hydrogens (tertiary/aromatic N) is 2. The molecule has 6 heteroatoms. The van der Waals surface area contributed by atoms with Crippen LogP contribution in [-0.4, -0.2) is 36.7 Å². The number of benzene rings is 1. The van der Waals surface area contributed by atoms with Gasteiger partial charge in [0.05, 0.1) is 17.6 Å². The Morgan fingerprint density at radius 3 is 2.74 bits per heavy atom. The van der Waals surface area contributed by atoms with Crippen molar-refractivity contribution in [2.45, 2.75) is 25.7 Å². The minimum absolute atomic E-state index is 0. The lowest BCUT2D eigenvalue weighted by atomic mass is 9.95. The summed E-state index contributed by atoms with van der Waals surface area (Å²) in [4.78, 5) is 9.12. The lowest BCUT2D eigenvalue weighted by Crippen LogP contribution is -2.29. The highest BCUT2D eigenvalue weighted by atomic mass is 35.5. The van der Waals surface area contributed by atoms with E-state index in [-0.39, 0.29) is 12.4 Å². The van der Waals surface area contributed by atoms with Crippen LogP contribution >= 0.6 is 12.4 Å². The van der Waals surface area contributed by atoms with Crippen molar-refractivity contribution in [3.05, 3.63) is 24.3 Å². The number of rotatable bonds is 6. The van der Waals surface area contributed by atoms with Crippen LogP contribution in [0.3, 0.4) is 0 Å². The highest BCUT2D eigenvalue weighted by Gasteiger charge is 2.13. The monoisotopic (exact) mass is 336 g/mol. The Morgan fingerprint density at radius 1 is 1.26 bits per heavy atom. The minimum Gasteiger partial charge on any atom is -0.475 e. The van der Waals surface area contributed by atoms with Crippen LogP contribution in [0.4, 0.5) is 5.82 Å². The van der Waals surface area contributed by atoms with Gasteiger partial charge in [-0.25, -0.2) is 9.97 Å². The van der Waals surface area contributed by atoms with E-state index in [9.17, 15) is 0 Å². The van der Waals surface area contributed by atoms with Crippen LogP contribution in [0.1, 0.15) is 25.7 Å².